The number of thioether (sulfide) groups is 1. The van der Waals surface area contributed by atoms with Crippen LogP contribution in [0.5, 0.6) is 0 Å². The first-order chi connectivity index (χ1) is 13.2. The lowest BCUT2D eigenvalue weighted by Gasteiger charge is -2.07. The third-order valence-electron chi connectivity index (χ3n) is 3.60. The number of furan rings is 1. The van der Waals surface area contributed by atoms with Crippen LogP contribution in [0.25, 0.3) is 0 Å². The monoisotopic (exact) mass is 385 g/mol. The SMILES string of the molecule is CCOC(=O)c1ccc(NC(=O)CSc2nccn2Cc2ccco2)cc1. The van der Waals surface area contributed by atoms with Crippen LogP contribution in [0.2, 0.25) is 0 Å². The fraction of sp³-hybridized carbons (Fsp3) is 0.211. The Balaban J connectivity index is 1.51. The molecule has 2 aromatic heterocycles. The predicted molar refractivity (Wildman–Crippen MR) is 102 cm³/mol. The molecular formula is C19H19N3O4S. The van der Waals surface area contributed by atoms with E-state index < -0.39 is 0 Å². The highest BCUT2D eigenvalue weighted by molar-refractivity contribution is 7.99. The number of imidazole rings is 1. The van der Waals surface area contributed by atoms with E-state index in [0.717, 1.165) is 10.9 Å². The second kappa shape index (κ2) is 9.09. The number of benzene rings is 1. The van der Waals surface area contributed by atoms with Crippen molar-refractivity contribution in [3.8, 4) is 0 Å². The Labute approximate surface area is 160 Å². The number of amides is 1. The Morgan fingerprint density at radius 2 is 2.07 bits per heavy atom. The number of aromatic nitrogens is 2. The summed E-state index contributed by atoms with van der Waals surface area (Å²) < 4.78 is 12.2. The molecule has 1 aromatic carbocycles. The topological polar surface area (TPSA) is 86.4 Å². The number of carbonyl (C=O) groups is 2. The van der Waals surface area contributed by atoms with Crippen LogP contribution >= 0.6 is 11.8 Å². The number of anilines is 1. The smallest absolute Gasteiger partial charge is 0.338 e. The molecule has 0 atom stereocenters. The third kappa shape index (κ3) is 5.24. The highest BCUT2D eigenvalue weighted by Crippen LogP contribution is 2.18. The number of rotatable bonds is 8. The Morgan fingerprint density at radius 1 is 1.26 bits per heavy atom. The Bertz CT molecular complexity index is 888. The zero-order chi connectivity index (χ0) is 19.1. The highest BCUT2D eigenvalue weighted by atomic mass is 32.2. The Hall–Kier alpha value is -3.00. The molecule has 7 nitrogen and oxygen atoms in total. The van der Waals surface area contributed by atoms with Gasteiger partial charge in [-0.25, -0.2) is 9.78 Å². The summed E-state index contributed by atoms with van der Waals surface area (Å²) in [4.78, 5) is 28.1. The first-order valence-corrected chi connectivity index (χ1v) is 9.37. The summed E-state index contributed by atoms with van der Waals surface area (Å²) in [6.45, 7) is 2.64. The fourth-order valence-electron chi connectivity index (χ4n) is 2.36. The van der Waals surface area contributed by atoms with Crippen LogP contribution in [-0.4, -0.2) is 33.8 Å². The van der Waals surface area contributed by atoms with E-state index >= 15 is 0 Å². The second-order valence-electron chi connectivity index (χ2n) is 5.55. The van der Waals surface area contributed by atoms with Gasteiger partial charge in [0.1, 0.15) is 5.76 Å². The van der Waals surface area contributed by atoms with E-state index in [2.05, 4.69) is 10.3 Å². The first-order valence-electron chi connectivity index (χ1n) is 8.39. The molecule has 0 spiro atoms. The summed E-state index contributed by atoms with van der Waals surface area (Å²) >= 11 is 1.34. The Kier molecular flexibility index (Phi) is 6.32. The van der Waals surface area contributed by atoms with Crippen molar-refractivity contribution < 1.29 is 18.7 Å². The summed E-state index contributed by atoms with van der Waals surface area (Å²) in [5, 5.41) is 3.54. The molecule has 2 heterocycles. The van der Waals surface area contributed by atoms with E-state index in [4.69, 9.17) is 9.15 Å². The van der Waals surface area contributed by atoms with Crippen molar-refractivity contribution in [1.82, 2.24) is 9.55 Å². The zero-order valence-corrected chi connectivity index (χ0v) is 15.6. The predicted octanol–water partition coefficient (Wildman–Crippen LogP) is 3.43. The van der Waals surface area contributed by atoms with Crippen LogP contribution < -0.4 is 5.32 Å². The normalized spacial score (nSPS) is 10.6. The summed E-state index contributed by atoms with van der Waals surface area (Å²) in [6, 6.07) is 10.3. The first kappa shape index (κ1) is 18.8. The number of hydrogen-bond donors (Lipinski definition) is 1. The number of nitrogens with zero attached hydrogens (tertiary/aromatic N) is 2. The quantitative estimate of drug-likeness (QED) is 0.472. The summed E-state index contributed by atoms with van der Waals surface area (Å²) in [5.74, 6) is 0.501. The van der Waals surface area contributed by atoms with Gasteiger partial charge in [-0.1, -0.05) is 11.8 Å². The fourth-order valence-corrected chi connectivity index (χ4v) is 3.12. The van der Waals surface area contributed by atoms with Gasteiger partial charge in [0.2, 0.25) is 5.91 Å². The maximum atomic E-state index is 12.2. The van der Waals surface area contributed by atoms with Crippen LogP contribution in [0.3, 0.4) is 0 Å². The van der Waals surface area contributed by atoms with Crippen molar-refractivity contribution >= 4 is 29.3 Å². The molecule has 3 aromatic rings. The zero-order valence-electron chi connectivity index (χ0n) is 14.8. The minimum Gasteiger partial charge on any atom is -0.467 e. The average molecular weight is 385 g/mol. The van der Waals surface area contributed by atoms with Crippen molar-refractivity contribution in [3.05, 3.63) is 66.4 Å². The molecule has 0 aliphatic rings. The molecule has 0 radical (unpaired) electrons. The van der Waals surface area contributed by atoms with Crippen LogP contribution in [-0.2, 0) is 16.1 Å². The van der Waals surface area contributed by atoms with Crippen molar-refractivity contribution in [1.29, 1.82) is 0 Å². The van der Waals surface area contributed by atoms with Gasteiger partial charge in [0, 0.05) is 18.1 Å². The maximum Gasteiger partial charge on any atom is 0.338 e. The Morgan fingerprint density at radius 3 is 2.78 bits per heavy atom. The van der Waals surface area contributed by atoms with Crippen molar-refractivity contribution in [3.63, 3.8) is 0 Å². The summed E-state index contributed by atoms with van der Waals surface area (Å²) in [6.07, 6.45) is 5.16. The van der Waals surface area contributed by atoms with Gasteiger partial charge in [-0.15, -0.1) is 0 Å². The van der Waals surface area contributed by atoms with Gasteiger partial charge in [0.15, 0.2) is 5.16 Å². The molecule has 0 aliphatic carbocycles. The van der Waals surface area contributed by atoms with E-state index in [1.54, 1.807) is 43.6 Å². The maximum absolute atomic E-state index is 12.2. The summed E-state index contributed by atoms with van der Waals surface area (Å²) in [5.41, 5.74) is 1.07. The van der Waals surface area contributed by atoms with Gasteiger partial charge in [-0.2, -0.15) is 0 Å². The number of hydrogen-bond acceptors (Lipinski definition) is 6. The standard InChI is InChI=1S/C19H19N3O4S/c1-2-25-18(24)14-5-7-15(8-6-14)21-17(23)13-27-19-20-9-10-22(19)12-16-4-3-11-26-16/h3-11H,2,12-13H2,1H3,(H,21,23). The molecule has 0 saturated heterocycles. The number of carbonyl (C=O) groups excluding carboxylic acids is 2. The van der Waals surface area contributed by atoms with Gasteiger partial charge >= 0.3 is 5.97 Å². The molecule has 0 fully saturated rings. The highest BCUT2D eigenvalue weighted by Gasteiger charge is 2.10. The van der Waals surface area contributed by atoms with Crippen molar-refractivity contribution in [2.75, 3.05) is 17.7 Å². The third-order valence-corrected chi connectivity index (χ3v) is 4.60. The van der Waals surface area contributed by atoms with Gasteiger partial charge in [0.05, 0.1) is 30.7 Å². The summed E-state index contributed by atoms with van der Waals surface area (Å²) in [7, 11) is 0. The van der Waals surface area contributed by atoms with E-state index in [1.807, 2.05) is 22.9 Å². The molecule has 0 aliphatic heterocycles. The lowest BCUT2D eigenvalue weighted by atomic mass is 10.2. The molecule has 0 bridgehead atoms. The van der Waals surface area contributed by atoms with Crippen LogP contribution in [0, 0.1) is 0 Å². The molecule has 0 saturated carbocycles. The van der Waals surface area contributed by atoms with E-state index in [1.165, 1.54) is 11.8 Å². The van der Waals surface area contributed by atoms with Crippen LogP contribution in [0.1, 0.15) is 23.0 Å². The molecule has 3 rings (SSSR count). The lowest BCUT2D eigenvalue weighted by Crippen LogP contribution is -2.15. The second-order valence-corrected chi connectivity index (χ2v) is 6.49. The van der Waals surface area contributed by atoms with E-state index in [0.29, 0.717) is 24.4 Å². The number of nitrogens with one attached hydrogen (secondary N) is 1. The minimum absolute atomic E-state index is 0.156. The van der Waals surface area contributed by atoms with Gasteiger partial charge in [-0.3, -0.25) is 4.79 Å². The van der Waals surface area contributed by atoms with Gasteiger partial charge in [-0.05, 0) is 43.3 Å². The van der Waals surface area contributed by atoms with E-state index in [9.17, 15) is 9.59 Å². The molecule has 1 N–H and O–H groups in total. The largest absolute Gasteiger partial charge is 0.467 e. The van der Waals surface area contributed by atoms with Gasteiger partial charge < -0.3 is 19.0 Å². The van der Waals surface area contributed by atoms with Gasteiger partial charge in [0.25, 0.3) is 0 Å². The minimum atomic E-state index is -0.380. The molecule has 27 heavy (non-hydrogen) atoms. The lowest BCUT2D eigenvalue weighted by molar-refractivity contribution is -0.113. The van der Waals surface area contributed by atoms with Crippen molar-refractivity contribution in [2.45, 2.75) is 18.6 Å². The number of esters is 1. The van der Waals surface area contributed by atoms with Crippen LogP contribution in [0.15, 0.2) is 64.6 Å². The molecule has 140 valence electrons. The van der Waals surface area contributed by atoms with E-state index in [-0.39, 0.29) is 17.6 Å². The van der Waals surface area contributed by atoms with Crippen molar-refractivity contribution in [2.24, 2.45) is 0 Å². The molecule has 0 unspecified atom stereocenters. The average Bonchev–Trinajstić information content (AvgIpc) is 3.33. The van der Waals surface area contributed by atoms with Crippen LogP contribution in [0.4, 0.5) is 5.69 Å². The molecular weight excluding hydrogens is 366 g/mol. The number of ether oxygens (including phenoxy) is 1. The molecule has 8 heteroatoms. The molecule has 1 amide bonds.